The summed E-state index contributed by atoms with van der Waals surface area (Å²) in [6.07, 6.45) is 2.91. The molecule has 2 heterocycles. The van der Waals surface area contributed by atoms with Crippen LogP contribution in [0.2, 0.25) is 0 Å². The highest BCUT2D eigenvalue weighted by Gasteiger charge is 2.42. The summed E-state index contributed by atoms with van der Waals surface area (Å²) in [6, 6.07) is 12.8. The number of hydrogen-bond acceptors (Lipinski definition) is 4. The van der Waals surface area contributed by atoms with Crippen LogP contribution >= 0.6 is 0 Å². The van der Waals surface area contributed by atoms with Crippen LogP contribution < -0.4 is 10.2 Å². The van der Waals surface area contributed by atoms with Crippen LogP contribution in [0, 0.1) is 5.41 Å². The number of para-hydroxylation sites is 2. The van der Waals surface area contributed by atoms with Gasteiger partial charge in [0.1, 0.15) is 6.04 Å². The molecule has 1 amide bonds. The van der Waals surface area contributed by atoms with E-state index in [0.29, 0.717) is 17.7 Å². The van der Waals surface area contributed by atoms with Gasteiger partial charge in [-0.1, -0.05) is 32.0 Å². The predicted molar refractivity (Wildman–Crippen MR) is 105 cm³/mol. The Morgan fingerprint density at radius 3 is 2.59 bits per heavy atom. The molecule has 1 aliphatic carbocycles. The maximum atomic E-state index is 13.2. The maximum absolute atomic E-state index is 13.2. The van der Waals surface area contributed by atoms with E-state index in [1.807, 2.05) is 42.5 Å². The van der Waals surface area contributed by atoms with Gasteiger partial charge >= 0.3 is 0 Å². The zero-order valence-electron chi connectivity index (χ0n) is 15.8. The van der Waals surface area contributed by atoms with Crippen LogP contribution in [0.15, 0.2) is 59.9 Å². The van der Waals surface area contributed by atoms with Gasteiger partial charge in [0.05, 0.1) is 17.1 Å². The van der Waals surface area contributed by atoms with E-state index in [1.54, 1.807) is 11.1 Å². The van der Waals surface area contributed by atoms with Gasteiger partial charge in [0.25, 0.3) is 0 Å². The molecule has 0 saturated heterocycles. The Hall–Kier alpha value is -2.95. The smallest absolute Gasteiger partial charge is 0.224 e. The van der Waals surface area contributed by atoms with Crippen molar-refractivity contribution < 1.29 is 9.59 Å². The fourth-order valence-corrected chi connectivity index (χ4v) is 4.15. The number of allylic oxidation sites excluding steroid dienone is 1. The van der Waals surface area contributed by atoms with E-state index < -0.39 is 6.04 Å². The molecule has 1 aromatic heterocycles. The first-order valence-electron chi connectivity index (χ1n) is 9.20. The van der Waals surface area contributed by atoms with E-state index in [-0.39, 0.29) is 17.1 Å². The maximum Gasteiger partial charge on any atom is 0.224 e. The number of nitrogens with zero attached hydrogens (tertiary/aromatic N) is 2. The van der Waals surface area contributed by atoms with Crippen molar-refractivity contribution in [2.75, 3.05) is 10.2 Å². The number of aromatic nitrogens is 1. The zero-order valence-corrected chi connectivity index (χ0v) is 15.8. The summed E-state index contributed by atoms with van der Waals surface area (Å²) in [5, 5.41) is 3.47. The first-order valence-corrected chi connectivity index (χ1v) is 9.20. The van der Waals surface area contributed by atoms with E-state index in [4.69, 9.17) is 0 Å². The first kappa shape index (κ1) is 17.5. The van der Waals surface area contributed by atoms with E-state index >= 15 is 0 Å². The fraction of sp³-hybridized carbons (Fsp3) is 0.318. The van der Waals surface area contributed by atoms with Gasteiger partial charge in [-0.25, -0.2) is 0 Å². The minimum Gasteiger partial charge on any atom is -0.357 e. The number of rotatable bonds is 1. The quantitative estimate of drug-likeness (QED) is 0.825. The predicted octanol–water partition coefficient (Wildman–Crippen LogP) is 4.24. The Morgan fingerprint density at radius 1 is 1.15 bits per heavy atom. The van der Waals surface area contributed by atoms with E-state index in [2.05, 4.69) is 24.1 Å². The fourth-order valence-electron chi connectivity index (χ4n) is 4.15. The Labute approximate surface area is 159 Å². The summed E-state index contributed by atoms with van der Waals surface area (Å²) in [7, 11) is 0. The average Bonchev–Trinajstić information content (AvgIpc) is 2.75. The highest BCUT2D eigenvalue weighted by molar-refractivity contribution is 6.05. The number of hydrogen-bond donors (Lipinski definition) is 1. The number of anilines is 2. The van der Waals surface area contributed by atoms with Gasteiger partial charge in [0.15, 0.2) is 5.78 Å². The number of carbonyl (C=O) groups is 2. The zero-order chi connectivity index (χ0) is 19.2. The normalized spacial score (nSPS) is 21.1. The number of carbonyl (C=O) groups excluding carboxylic acids is 2. The van der Waals surface area contributed by atoms with Gasteiger partial charge in [-0.05, 0) is 36.1 Å². The van der Waals surface area contributed by atoms with Crippen molar-refractivity contribution in [1.29, 1.82) is 0 Å². The molecule has 4 rings (SSSR count). The number of pyridine rings is 1. The van der Waals surface area contributed by atoms with Crippen molar-refractivity contribution >= 4 is 23.1 Å². The highest BCUT2D eigenvalue weighted by atomic mass is 16.2. The van der Waals surface area contributed by atoms with E-state index in [9.17, 15) is 9.59 Å². The number of amides is 1. The largest absolute Gasteiger partial charge is 0.357 e. The summed E-state index contributed by atoms with van der Waals surface area (Å²) in [5.41, 5.74) is 3.72. The SMILES string of the molecule is CC(=O)N1c2ccccc2NC2=C(C(=O)CC(C)(C)C2)C1c1ccccn1. The molecular formula is C22H23N3O2. The lowest BCUT2D eigenvalue weighted by Crippen LogP contribution is -2.38. The molecule has 0 saturated carbocycles. The molecule has 2 aromatic rings. The third kappa shape index (κ3) is 3.03. The Balaban J connectivity index is 2.01. The van der Waals surface area contributed by atoms with Gasteiger partial charge < -0.3 is 5.32 Å². The van der Waals surface area contributed by atoms with Crippen LogP contribution in [0.3, 0.4) is 0 Å². The van der Waals surface area contributed by atoms with Crippen molar-refractivity contribution in [3.63, 3.8) is 0 Å². The lowest BCUT2D eigenvalue weighted by atomic mass is 9.73. The molecule has 27 heavy (non-hydrogen) atoms. The lowest BCUT2D eigenvalue weighted by molar-refractivity contribution is -0.118. The van der Waals surface area contributed by atoms with Crippen LogP contribution in [0.4, 0.5) is 11.4 Å². The number of ketones is 1. The van der Waals surface area contributed by atoms with Gasteiger partial charge in [-0.3, -0.25) is 19.5 Å². The lowest BCUT2D eigenvalue weighted by Gasteiger charge is -2.36. The molecule has 5 nitrogen and oxygen atoms in total. The average molecular weight is 361 g/mol. The molecule has 1 N–H and O–H groups in total. The van der Waals surface area contributed by atoms with E-state index in [0.717, 1.165) is 23.5 Å². The summed E-state index contributed by atoms with van der Waals surface area (Å²) in [6.45, 7) is 5.74. The number of fused-ring (bicyclic) bond motifs is 1. The van der Waals surface area contributed by atoms with Gasteiger partial charge in [-0.15, -0.1) is 0 Å². The van der Waals surface area contributed by atoms with Crippen LogP contribution in [0.1, 0.15) is 45.3 Å². The van der Waals surface area contributed by atoms with Crippen LogP contribution in [0.25, 0.3) is 0 Å². The highest BCUT2D eigenvalue weighted by Crippen LogP contribution is 2.47. The minimum atomic E-state index is -0.529. The second-order valence-corrected chi connectivity index (χ2v) is 8.02. The Kier molecular flexibility index (Phi) is 4.10. The molecule has 5 heteroatoms. The Bertz CT molecular complexity index is 947. The molecule has 1 atom stereocenters. The summed E-state index contributed by atoms with van der Waals surface area (Å²) in [4.78, 5) is 32.2. The van der Waals surface area contributed by atoms with Crippen molar-refractivity contribution in [1.82, 2.24) is 4.98 Å². The molecule has 1 aromatic carbocycles. The second-order valence-electron chi connectivity index (χ2n) is 8.02. The second kappa shape index (κ2) is 6.34. The summed E-state index contributed by atoms with van der Waals surface area (Å²) in [5.74, 6) is -0.0465. The number of nitrogens with one attached hydrogen (secondary N) is 1. The summed E-state index contributed by atoms with van der Waals surface area (Å²) < 4.78 is 0. The number of benzene rings is 1. The third-order valence-corrected chi connectivity index (χ3v) is 5.21. The van der Waals surface area contributed by atoms with E-state index in [1.165, 1.54) is 6.92 Å². The number of Topliss-reactive ketones (excluding diaryl/α,β-unsaturated/α-hetero) is 1. The van der Waals surface area contributed by atoms with Gasteiger partial charge in [-0.2, -0.15) is 0 Å². The van der Waals surface area contributed by atoms with Crippen LogP contribution in [-0.2, 0) is 9.59 Å². The topological polar surface area (TPSA) is 62.3 Å². The molecule has 0 bridgehead atoms. The molecule has 0 radical (unpaired) electrons. The van der Waals surface area contributed by atoms with Crippen LogP contribution in [-0.4, -0.2) is 16.7 Å². The van der Waals surface area contributed by atoms with Gasteiger partial charge in [0.2, 0.25) is 5.91 Å². The molecule has 0 spiro atoms. The minimum absolute atomic E-state index is 0.0726. The standard InChI is InChI=1S/C22H23N3O2/c1-14(26)25-18-10-5-4-8-15(18)24-17-12-22(2,3)13-19(27)20(17)21(25)16-9-6-7-11-23-16/h4-11,21,24H,12-13H2,1-3H3. The monoisotopic (exact) mass is 361 g/mol. The van der Waals surface area contributed by atoms with Gasteiger partial charge in [0, 0.05) is 30.8 Å². The van der Waals surface area contributed by atoms with Crippen molar-refractivity contribution in [2.45, 2.75) is 39.7 Å². The molecule has 1 unspecified atom stereocenters. The van der Waals surface area contributed by atoms with Crippen molar-refractivity contribution in [3.05, 3.63) is 65.6 Å². The molecular weight excluding hydrogens is 338 g/mol. The first-order chi connectivity index (χ1) is 12.9. The van der Waals surface area contributed by atoms with Crippen molar-refractivity contribution in [2.24, 2.45) is 5.41 Å². The molecule has 138 valence electrons. The summed E-state index contributed by atoms with van der Waals surface area (Å²) >= 11 is 0. The Morgan fingerprint density at radius 2 is 1.89 bits per heavy atom. The molecule has 1 aliphatic heterocycles. The van der Waals surface area contributed by atoms with Crippen molar-refractivity contribution in [3.8, 4) is 0 Å². The van der Waals surface area contributed by atoms with Crippen LogP contribution in [0.5, 0.6) is 0 Å². The molecule has 0 fully saturated rings. The molecule has 2 aliphatic rings. The third-order valence-electron chi connectivity index (χ3n) is 5.21.